The lowest BCUT2D eigenvalue weighted by Gasteiger charge is -2.10. The monoisotopic (exact) mass is 269 g/mol. The zero-order valence-electron chi connectivity index (χ0n) is 11.8. The molecule has 2 aromatic rings. The molecular weight excluding hydrogens is 250 g/mol. The van der Waals surface area contributed by atoms with Gasteiger partial charge >= 0.3 is 0 Å². The third kappa shape index (κ3) is 2.82. The lowest BCUT2D eigenvalue weighted by molar-refractivity contribution is 0.103. The van der Waals surface area contributed by atoms with Crippen LogP contribution in [-0.4, -0.2) is 12.9 Å². The first kappa shape index (κ1) is 14.1. The van der Waals surface area contributed by atoms with Crippen molar-refractivity contribution in [3.05, 3.63) is 59.2 Å². The summed E-state index contributed by atoms with van der Waals surface area (Å²) in [6, 6.07) is 12.9. The summed E-state index contributed by atoms with van der Waals surface area (Å²) in [7, 11) is 1.52. The summed E-state index contributed by atoms with van der Waals surface area (Å²) < 4.78 is 5.24. The van der Waals surface area contributed by atoms with Crippen LogP contribution < -0.4 is 10.5 Å². The van der Waals surface area contributed by atoms with Gasteiger partial charge in [-0.2, -0.15) is 0 Å². The number of rotatable bonds is 5. The number of nitrogens with two attached hydrogens (primary N) is 1. The van der Waals surface area contributed by atoms with Crippen LogP contribution in [0.4, 0.5) is 5.69 Å². The van der Waals surface area contributed by atoms with Crippen molar-refractivity contribution in [2.75, 3.05) is 12.8 Å². The molecule has 3 nitrogen and oxygen atoms in total. The normalized spacial score (nSPS) is 10.3. The van der Waals surface area contributed by atoms with Gasteiger partial charge in [-0.25, -0.2) is 0 Å². The minimum Gasteiger partial charge on any atom is -0.494 e. The number of para-hydroxylation sites is 1. The highest BCUT2D eigenvalue weighted by Gasteiger charge is 2.16. The molecule has 0 fully saturated rings. The third-order valence-electron chi connectivity index (χ3n) is 3.25. The number of hydrogen-bond donors (Lipinski definition) is 1. The molecule has 0 unspecified atom stereocenters. The minimum atomic E-state index is -0.0720. The Hall–Kier alpha value is -2.29. The van der Waals surface area contributed by atoms with Gasteiger partial charge in [0.15, 0.2) is 11.5 Å². The molecule has 2 aromatic carbocycles. The summed E-state index contributed by atoms with van der Waals surface area (Å²) in [4.78, 5) is 12.5. The fourth-order valence-corrected chi connectivity index (χ4v) is 2.23. The number of nitrogen functional groups attached to an aromatic ring is 1. The second kappa shape index (κ2) is 6.24. The number of benzene rings is 2. The first-order valence-corrected chi connectivity index (χ1v) is 6.73. The van der Waals surface area contributed by atoms with E-state index in [0.29, 0.717) is 22.6 Å². The van der Waals surface area contributed by atoms with E-state index in [-0.39, 0.29) is 5.78 Å². The average Bonchev–Trinajstić information content (AvgIpc) is 2.47. The van der Waals surface area contributed by atoms with E-state index in [1.807, 2.05) is 24.3 Å². The van der Waals surface area contributed by atoms with E-state index >= 15 is 0 Å². The van der Waals surface area contributed by atoms with Gasteiger partial charge in [-0.15, -0.1) is 0 Å². The van der Waals surface area contributed by atoms with E-state index in [4.69, 9.17) is 10.5 Å². The Morgan fingerprint density at radius 2 is 1.85 bits per heavy atom. The average molecular weight is 269 g/mol. The SMILES string of the molecule is CCCc1ccc(C(=O)c2cccc(N)c2OC)cc1. The predicted octanol–water partition coefficient (Wildman–Crippen LogP) is 3.46. The van der Waals surface area contributed by atoms with Crippen molar-refractivity contribution in [3.63, 3.8) is 0 Å². The van der Waals surface area contributed by atoms with Crippen LogP contribution in [0.25, 0.3) is 0 Å². The number of methoxy groups -OCH3 is 1. The second-order valence-corrected chi connectivity index (χ2v) is 4.70. The van der Waals surface area contributed by atoms with E-state index in [1.165, 1.54) is 12.7 Å². The van der Waals surface area contributed by atoms with E-state index < -0.39 is 0 Å². The summed E-state index contributed by atoms with van der Waals surface area (Å²) in [5.74, 6) is 0.368. The number of ether oxygens (including phenoxy) is 1. The highest BCUT2D eigenvalue weighted by atomic mass is 16.5. The molecule has 0 amide bonds. The molecule has 0 bridgehead atoms. The van der Waals surface area contributed by atoms with E-state index in [2.05, 4.69) is 6.92 Å². The number of ketones is 1. The van der Waals surface area contributed by atoms with Gasteiger partial charge in [-0.1, -0.05) is 43.7 Å². The molecule has 0 aliphatic rings. The van der Waals surface area contributed by atoms with Gasteiger partial charge in [0.25, 0.3) is 0 Å². The van der Waals surface area contributed by atoms with Crippen molar-refractivity contribution in [1.29, 1.82) is 0 Å². The molecule has 0 saturated heterocycles. The van der Waals surface area contributed by atoms with Crippen LogP contribution in [-0.2, 0) is 6.42 Å². The molecule has 20 heavy (non-hydrogen) atoms. The van der Waals surface area contributed by atoms with Gasteiger partial charge in [0.2, 0.25) is 0 Å². The molecule has 3 heteroatoms. The van der Waals surface area contributed by atoms with Gasteiger partial charge < -0.3 is 10.5 Å². The molecule has 0 radical (unpaired) electrons. The number of aryl methyl sites for hydroxylation is 1. The standard InChI is InChI=1S/C17H19NO2/c1-3-5-12-8-10-13(11-9-12)16(19)14-6-4-7-15(18)17(14)20-2/h4,6-11H,3,5,18H2,1-2H3. The summed E-state index contributed by atoms with van der Waals surface area (Å²) >= 11 is 0. The maximum Gasteiger partial charge on any atom is 0.196 e. The molecule has 2 rings (SSSR count). The topological polar surface area (TPSA) is 52.3 Å². The fourth-order valence-electron chi connectivity index (χ4n) is 2.23. The van der Waals surface area contributed by atoms with Crippen molar-refractivity contribution >= 4 is 11.5 Å². The maximum atomic E-state index is 12.5. The number of carbonyl (C=O) groups is 1. The smallest absolute Gasteiger partial charge is 0.196 e. The maximum absolute atomic E-state index is 12.5. The molecular formula is C17H19NO2. The van der Waals surface area contributed by atoms with Gasteiger partial charge in [0.1, 0.15) is 0 Å². The largest absolute Gasteiger partial charge is 0.494 e. The molecule has 0 saturated carbocycles. The molecule has 0 aliphatic carbocycles. The van der Waals surface area contributed by atoms with Crippen LogP contribution >= 0.6 is 0 Å². The molecule has 2 N–H and O–H groups in total. The summed E-state index contributed by atoms with van der Waals surface area (Å²) in [5, 5.41) is 0. The number of carbonyl (C=O) groups excluding carboxylic acids is 1. The lowest BCUT2D eigenvalue weighted by Crippen LogP contribution is -2.06. The predicted molar refractivity (Wildman–Crippen MR) is 81.3 cm³/mol. The Morgan fingerprint density at radius 3 is 2.45 bits per heavy atom. The molecule has 0 spiro atoms. The Labute approximate surface area is 119 Å². The van der Waals surface area contributed by atoms with E-state index in [9.17, 15) is 4.79 Å². The van der Waals surface area contributed by atoms with Gasteiger partial charge in [0.05, 0.1) is 18.4 Å². The quantitative estimate of drug-likeness (QED) is 0.668. The highest BCUT2D eigenvalue weighted by molar-refractivity contribution is 6.11. The first-order valence-electron chi connectivity index (χ1n) is 6.73. The summed E-state index contributed by atoms with van der Waals surface area (Å²) in [6.07, 6.45) is 2.12. The zero-order valence-corrected chi connectivity index (χ0v) is 11.8. The third-order valence-corrected chi connectivity index (χ3v) is 3.25. The first-order chi connectivity index (χ1) is 9.67. The van der Waals surface area contributed by atoms with Crippen LogP contribution in [0.5, 0.6) is 5.75 Å². The van der Waals surface area contributed by atoms with E-state index in [0.717, 1.165) is 12.8 Å². The second-order valence-electron chi connectivity index (χ2n) is 4.70. The van der Waals surface area contributed by atoms with Crippen LogP contribution in [0.3, 0.4) is 0 Å². The van der Waals surface area contributed by atoms with Gasteiger partial charge in [0, 0.05) is 5.56 Å². The van der Waals surface area contributed by atoms with Crippen LogP contribution in [0.1, 0.15) is 34.8 Å². The van der Waals surface area contributed by atoms with Crippen LogP contribution in [0.2, 0.25) is 0 Å². The molecule has 0 aliphatic heterocycles. The number of anilines is 1. The molecule has 104 valence electrons. The molecule has 0 atom stereocenters. The lowest BCUT2D eigenvalue weighted by atomic mass is 9.99. The Balaban J connectivity index is 2.34. The van der Waals surface area contributed by atoms with E-state index in [1.54, 1.807) is 18.2 Å². The van der Waals surface area contributed by atoms with Crippen molar-refractivity contribution in [1.82, 2.24) is 0 Å². The van der Waals surface area contributed by atoms with Crippen molar-refractivity contribution in [2.45, 2.75) is 19.8 Å². The van der Waals surface area contributed by atoms with Crippen molar-refractivity contribution in [2.24, 2.45) is 0 Å². The van der Waals surface area contributed by atoms with Crippen molar-refractivity contribution < 1.29 is 9.53 Å². The highest BCUT2D eigenvalue weighted by Crippen LogP contribution is 2.28. The van der Waals surface area contributed by atoms with Crippen molar-refractivity contribution in [3.8, 4) is 5.75 Å². The van der Waals surface area contributed by atoms with Crippen LogP contribution in [0, 0.1) is 0 Å². The van der Waals surface area contributed by atoms with Gasteiger partial charge in [-0.3, -0.25) is 4.79 Å². The molecule has 0 aromatic heterocycles. The minimum absolute atomic E-state index is 0.0720. The Morgan fingerprint density at radius 1 is 1.15 bits per heavy atom. The number of hydrogen-bond acceptors (Lipinski definition) is 3. The summed E-state index contributed by atoms with van der Waals surface area (Å²) in [6.45, 7) is 2.14. The zero-order chi connectivity index (χ0) is 14.5. The fraction of sp³-hybridized carbons (Fsp3) is 0.235. The Kier molecular flexibility index (Phi) is 4.41. The molecule has 0 heterocycles. The van der Waals surface area contributed by atoms with Gasteiger partial charge in [-0.05, 0) is 24.1 Å². The Bertz CT molecular complexity index is 603. The van der Waals surface area contributed by atoms with Crippen LogP contribution in [0.15, 0.2) is 42.5 Å². The summed E-state index contributed by atoms with van der Waals surface area (Å²) in [5.41, 5.74) is 8.69.